The molecule has 0 bridgehead atoms. The Morgan fingerprint density at radius 1 is 1.14 bits per heavy atom. The third kappa shape index (κ3) is 2.74. The molecule has 0 aliphatic carbocycles. The summed E-state index contributed by atoms with van der Waals surface area (Å²) in [4.78, 5) is 0. The van der Waals surface area contributed by atoms with E-state index in [0.717, 1.165) is 41.9 Å². The van der Waals surface area contributed by atoms with Gasteiger partial charge in [0.05, 0.1) is 12.3 Å². The van der Waals surface area contributed by atoms with Gasteiger partial charge in [0.25, 0.3) is 0 Å². The van der Waals surface area contributed by atoms with Gasteiger partial charge in [-0.3, -0.25) is 0 Å². The molecule has 1 aromatic carbocycles. The standard InChI is InChI=1S/C18H21NO2/c1-3-10-19-18(14-9-11-20-15(14)4-2)17-12-13-7-5-6-8-16(13)21-17/h5-9,11-12,18-19H,3-4,10H2,1-2H3. The van der Waals surface area contributed by atoms with Crippen molar-refractivity contribution in [1.82, 2.24) is 5.32 Å². The predicted molar refractivity (Wildman–Crippen MR) is 84.4 cm³/mol. The van der Waals surface area contributed by atoms with E-state index in [1.165, 1.54) is 5.56 Å². The van der Waals surface area contributed by atoms with Crippen LogP contribution in [-0.4, -0.2) is 6.54 Å². The maximum Gasteiger partial charge on any atom is 0.134 e. The van der Waals surface area contributed by atoms with Crippen LogP contribution in [-0.2, 0) is 6.42 Å². The fraction of sp³-hybridized carbons (Fsp3) is 0.333. The number of rotatable bonds is 6. The molecule has 0 spiro atoms. The summed E-state index contributed by atoms with van der Waals surface area (Å²) in [5.74, 6) is 1.96. The van der Waals surface area contributed by atoms with Gasteiger partial charge in [0.2, 0.25) is 0 Å². The highest BCUT2D eigenvalue weighted by molar-refractivity contribution is 5.78. The molecule has 1 N–H and O–H groups in total. The number of para-hydroxylation sites is 1. The molecule has 1 unspecified atom stereocenters. The van der Waals surface area contributed by atoms with Crippen LogP contribution in [0.1, 0.15) is 43.4 Å². The molecule has 0 saturated heterocycles. The third-order valence-electron chi connectivity index (χ3n) is 3.74. The Balaban J connectivity index is 2.02. The minimum absolute atomic E-state index is 0.0473. The number of hydrogen-bond donors (Lipinski definition) is 1. The van der Waals surface area contributed by atoms with Gasteiger partial charge in [0.15, 0.2) is 0 Å². The molecule has 3 rings (SSSR count). The minimum Gasteiger partial charge on any atom is -0.469 e. The number of fused-ring (bicyclic) bond motifs is 1. The van der Waals surface area contributed by atoms with E-state index in [2.05, 4.69) is 31.3 Å². The first-order chi connectivity index (χ1) is 10.3. The molecule has 0 radical (unpaired) electrons. The average Bonchev–Trinajstić information content (AvgIpc) is 3.14. The van der Waals surface area contributed by atoms with Crippen LogP contribution in [0.2, 0.25) is 0 Å². The van der Waals surface area contributed by atoms with Gasteiger partial charge in [-0.25, -0.2) is 0 Å². The van der Waals surface area contributed by atoms with Crippen molar-refractivity contribution in [2.45, 2.75) is 32.7 Å². The molecule has 110 valence electrons. The lowest BCUT2D eigenvalue weighted by molar-refractivity contribution is 0.454. The normalized spacial score (nSPS) is 12.9. The van der Waals surface area contributed by atoms with Crippen LogP contribution in [0.4, 0.5) is 0 Å². The Bertz CT molecular complexity index is 678. The molecule has 0 fully saturated rings. The second kappa shape index (κ2) is 6.19. The lowest BCUT2D eigenvalue weighted by atomic mass is 10.0. The zero-order valence-corrected chi connectivity index (χ0v) is 12.6. The quantitative estimate of drug-likeness (QED) is 0.714. The predicted octanol–water partition coefficient (Wildman–Crippen LogP) is 4.68. The number of hydrogen-bond acceptors (Lipinski definition) is 3. The second-order valence-corrected chi connectivity index (χ2v) is 5.23. The third-order valence-corrected chi connectivity index (χ3v) is 3.74. The van der Waals surface area contributed by atoms with Crippen molar-refractivity contribution in [3.8, 4) is 0 Å². The molecule has 3 aromatic rings. The van der Waals surface area contributed by atoms with Crippen LogP contribution < -0.4 is 5.32 Å². The highest BCUT2D eigenvalue weighted by Gasteiger charge is 2.22. The fourth-order valence-corrected chi connectivity index (χ4v) is 2.69. The zero-order valence-electron chi connectivity index (χ0n) is 12.6. The first-order valence-electron chi connectivity index (χ1n) is 7.61. The SMILES string of the molecule is CCCNC(c1cc2ccccc2o1)c1ccoc1CC. The van der Waals surface area contributed by atoms with Crippen molar-refractivity contribution in [2.75, 3.05) is 6.54 Å². The Morgan fingerprint density at radius 2 is 2.00 bits per heavy atom. The molecule has 3 nitrogen and oxygen atoms in total. The van der Waals surface area contributed by atoms with Crippen LogP contribution in [0.15, 0.2) is 51.5 Å². The van der Waals surface area contributed by atoms with E-state index < -0.39 is 0 Å². The largest absolute Gasteiger partial charge is 0.469 e. The Kier molecular flexibility index (Phi) is 4.11. The highest BCUT2D eigenvalue weighted by atomic mass is 16.3. The fourth-order valence-electron chi connectivity index (χ4n) is 2.69. The first-order valence-corrected chi connectivity index (χ1v) is 7.61. The molecule has 1 atom stereocenters. The van der Waals surface area contributed by atoms with Crippen molar-refractivity contribution in [2.24, 2.45) is 0 Å². The summed E-state index contributed by atoms with van der Waals surface area (Å²) >= 11 is 0. The van der Waals surface area contributed by atoms with Crippen molar-refractivity contribution in [3.63, 3.8) is 0 Å². The molecule has 0 saturated carbocycles. The van der Waals surface area contributed by atoms with Gasteiger partial charge < -0.3 is 14.2 Å². The average molecular weight is 283 g/mol. The Hall–Kier alpha value is -2.00. The van der Waals surface area contributed by atoms with Crippen molar-refractivity contribution < 1.29 is 8.83 Å². The molecule has 2 aromatic heterocycles. The Morgan fingerprint density at radius 3 is 2.76 bits per heavy atom. The lowest BCUT2D eigenvalue weighted by Crippen LogP contribution is -2.23. The van der Waals surface area contributed by atoms with E-state index >= 15 is 0 Å². The number of furan rings is 2. The summed E-state index contributed by atoms with van der Waals surface area (Å²) in [6, 6.07) is 12.3. The van der Waals surface area contributed by atoms with E-state index in [1.54, 1.807) is 6.26 Å². The van der Waals surface area contributed by atoms with Crippen molar-refractivity contribution in [1.29, 1.82) is 0 Å². The molecular formula is C18H21NO2. The van der Waals surface area contributed by atoms with E-state index in [1.807, 2.05) is 24.3 Å². The lowest BCUT2D eigenvalue weighted by Gasteiger charge is -2.16. The molecule has 0 aliphatic heterocycles. The molecule has 0 amide bonds. The summed E-state index contributed by atoms with van der Waals surface area (Å²) in [5.41, 5.74) is 2.10. The van der Waals surface area contributed by atoms with Crippen LogP contribution >= 0.6 is 0 Å². The molecular weight excluding hydrogens is 262 g/mol. The molecule has 2 heterocycles. The molecule has 0 aliphatic rings. The molecule has 21 heavy (non-hydrogen) atoms. The monoisotopic (exact) mass is 283 g/mol. The van der Waals surface area contributed by atoms with E-state index in [-0.39, 0.29) is 6.04 Å². The highest BCUT2D eigenvalue weighted by Crippen LogP contribution is 2.30. The first kappa shape index (κ1) is 14.0. The summed E-state index contributed by atoms with van der Waals surface area (Å²) in [6.07, 6.45) is 3.72. The summed E-state index contributed by atoms with van der Waals surface area (Å²) < 4.78 is 11.6. The number of aryl methyl sites for hydroxylation is 1. The van der Waals surface area contributed by atoms with Crippen LogP contribution in [0, 0.1) is 0 Å². The van der Waals surface area contributed by atoms with Crippen LogP contribution in [0.3, 0.4) is 0 Å². The topological polar surface area (TPSA) is 38.3 Å². The summed E-state index contributed by atoms with van der Waals surface area (Å²) in [5, 5.41) is 4.71. The summed E-state index contributed by atoms with van der Waals surface area (Å²) in [6.45, 7) is 5.21. The van der Waals surface area contributed by atoms with E-state index in [4.69, 9.17) is 8.83 Å². The van der Waals surface area contributed by atoms with E-state index in [0.29, 0.717) is 0 Å². The minimum atomic E-state index is 0.0473. The van der Waals surface area contributed by atoms with E-state index in [9.17, 15) is 0 Å². The number of benzene rings is 1. The Labute approximate surface area is 124 Å². The van der Waals surface area contributed by atoms with Crippen molar-refractivity contribution in [3.05, 3.63) is 59.7 Å². The van der Waals surface area contributed by atoms with Crippen LogP contribution in [0.25, 0.3) is 11.0 Å². The van der Waals surface area contributed by atoms with Crippen molar-refractivity contribution >= 4 is 11.0 Å². The van der Waals surface area contributed by atoms with Gasteiger partial charge in [0, 0.05) is 17.4 Å². The summed E-state index contributed by atoms with van der Waals surface area (Å²) in [7, 11) is 0. The zero-order chi connectivity index (χ0) is 14.7. The van der Waals surface area contributed by atoms with Gasteiger partial charge in [-0.15, -0.1) is 0 Å². The van der Waals surface area contributed by atoms with Crippen LogP contribution in [0.5, 0.6) is 0 Å². The maximum absolute atomic E-state index is 6.05. The van der Waals surface area contributed by atoms with Gasteiger partial charge in [-0.2, -0.15) is 0 Å². The smallest absolute Gasteiger partial charge is 0.134 e. The number of nitrogens with one attached hydrogen (secondary N) is 1. The van der Waals surface area contributed by atoms with Gasteiger partial charge in [-0.1, -0.05) is 32.0 Å². The van der Waals surface area contributed by atoms with Gasteiger partial charge in [0.1, 0.15) is 17.1 Å². The second-order valence-electron chi connectivity index (χ2n) is 5.23. The van der Waals surface area contributed by atoms with Gasteiger partial charge in [-0.05, 0) is 31.2 Å². The molecule has 3 heteroatoms. The maximum atomic E-state index is 6.05. The van der Waals surface area contributed by atoms with Gasteiger partial charge >= 0.3 is 0 Å².